The van der Waals surface area contributed by atoms with Crippen LogP contribution in [0.5, 0.6) is 0 Å². The second-order valence-electron chi connectivity index (χ2n) is 5.93. The summed E-state index contributed by atoms with van der Waals surface area (Å²) in [4.78, 5) is 17.7. The third-order valence-corrected chi connectivity index (χ3v) is 3.78. The van der Waals surface area contributed by atoms with Crippen LogP contribution in [0.2, 0.25) is 0 Å². The highest BCUT2D eigenvalue weighted by Crippen LogP contribution is 2.21. The lowest BCUT2D eigenvalue weighted by Crippen LogP contribution is -2.38. The van der Waals surface area contributed by atoms with Crippen molar-refractivity contribution < 1.29 is 0 Å². The lowest BCUT2D eigenvalue weighted by molar-refractivity contribution is 0.479. The molecule has 1 aliphatic rings. The second-order valence-corrected chi connectivity index (χ2v) is 5.93. The number of hydrogen-bond acceptors (Lipinski definition) is 6. The molecule has 3 heterocycles. The fourth-order valence-electron chi connectivity index (χ4n) is 2.55. The minimum absolute atomic E-state index is 0.337. The molecule has 1 saturated heterocycles. The summed E-state index contributed by atoms with van der Waals surface area (Å²) < 4.78 is 0. The summed E-state index contributed by atoms with van der Waals surface area (Å²) in [7, 11) is 0. The monoisotopic (exact) mass is 298 g/mol. The van der Waals surface area contributed by atoms with Gasteiger partial charge in [0.1, 0.15) is 11.5 Å². The molecule has 6 heteroatoms. The minimum Gasteiger partial charge on any atom is -0.366 e. The number of piperidine rings is 1. The molecule has 0 radical (unpaired) electrons. The standard InChI is InChI=1S/C16H22N6/c1-11(2)13-8-15(20-12-4-3-5-17-9-12)22-16(21-13)14-10-18-6-7-19-14/h6-8,10-12,17H,3-5,9H2,1-2H3,(H,20,21,22). The second kappa shape index (κ2) is 6.79. The average Bonchev–Trinajstić information content (AvgIpc) is 2.56. The number of hydrogen-bond donors (Lipinski definition) is 2. The largest absolute Gasteiger partial charge is 0.366 e. The fraction of sp³-hybridized carbons (Fsp3) is 0.500. The topological polar surface area (TPSA) is 75.6 Å². The minimum atomic E-state index is 0.337. The summed E-state index contributed by atoms with van der Waals surface area (Å²) in [6, 6.07) is 2.46. The van der Waals surface area contributed by atoms with Gasteiger partial charge in [-0.25, -0.2) is 15.0 Å². The van der Waals surface area contributed by atoms with Gasteiger partial charge in [-0.05, 0) is 25.3 Å². The van der Waals surface area contributed by atoms with Gasteiger partial charge in [-0.15, -0.1) is 0 Å². The first-order valence-electron chi connectivity index (χ1n) is 7.85. The molecule has 2 N–H and O–H groups in total. The molecule has 1 unspecified atom stereocenters. The molecule has 22 heavy (non-hydrogen) atoms. The van der Waals surface area contributed by atoms with Crippen LogP contribution < -0.4 is 10.6 Å². The molecule has 1 atom stereocenters. The quantitative estimate of drug-likeness (QED) is 0.901. The van der Waals surface area contributed by atoms with E-state index in [2.05, 4.69) is 44.4 Å². The Morgan fingerprint density at radius 3 is 2.86 bits per heavy atom. The third-order valence-electron chi connectivity index (χ3n) is 3.78. The van der Waals surface area contributed by atoms with Crippen LogP contribution in [-0.4, -0.2) is 39.1 Å². The van der Waals surface area contributed by atoms with Gasteiger partial charge in [-0.3, -0.25) is 4.98 Å². The van der Waals surface area contributed by atoms with E-state index in [1.807, 2.05) is 6.07 Å². The summed E-state index contributed by atoms with van der Waals surface area (Å²) in [5.41, 5.74) is 1.72. The van der Waals surface area contributed by atoms with E-state index < -0.39 is 0 Å². The van der Waals surface area contributed by atoms with E-state index in [-0.39, 0.29) is 0 Å². The SMILES string of the molecule is CC(C)c1cc(NC2CCCNC2)nc(-c2cnccn2)n1. The van der Waals surface area contributed by atoms with Crippen molar-refractivity contribution in [1.82, 2.24) is 25.3 Å². The Hall–Kier alpha value is -2.08. The van der Waals surface area contributed by atoms with Crippen molar-refractivity contribution in [1.29, 1.82) is 0 Å². The summed E-state index contributed by atoms with van der Waals surface area (Å²) in [5.74, 6) is 1.84. The first-order valence-corrected chi connectivity index (χ1v) is 7.85. The maximum atomic E-state index is 4.63. The van der Waals surface area contributed by atoms with Crippen LogP contribution >= 0.6 is 0 Å². The number of aromatic nitrogens is 4. The number of anilines is 1. The van der Waals surface area contributed by atoms with E-state index in [0.717, 1.165) is 31.0 Å². The molecule has 3 rings (SSSR count). The molecule has 1 fully saturated rings. The van der Waals surface area contributed by atoms with Gasteiger partial charge in [0, 0.05) is 36.7 Å². The Morgan fingerprint density at radius 2 is 2.18 bits per heavy atom. The normalized spacial score (nSPS) is 18.4. The Kier molecular flexibility index (Phi) is 4.58. The van der Waals surface area contributed by atoms with Gasteiger partial charge in [-0.2, -0.15) is 0 Å². The van der Waals surface area contributed by atoms with Gasteiger partial charge in [-0.1, -0.05) is 13.8 Å². The van der Waals surface area contributed by atoms with Gasteiger partial charge in [0.15, 0.2) is 5.82 Å². The molecule has 2 aromatic rings. The number of rotatable bonds is 4. The number of nitrogens with zero attached hydrogens (tertiary/aromatic N) is 4. The summed E-state index contributed by atoms with van der Waals surface area (Å²) >= 11 is 0. The molecular formula is C16H22N6. The Labute approximate surface area is 130 Å². The van der Waals surface area contributed by atoms with Gasteiger partial charge in [0.2, 0.25) is 0 Å². The molecule has 6 nitrogen and oxygen atoms in total. The van der Waals surface area contributed by atoms with Gasteiger partial charge in [0.25, 0.3) is 0 Å². The molecular weight excluding hydrogens is 276 g/mol. The average molecular weight is 298 g/mol. The van der Waals surface area contributed by atoms with Crippen molar-refractivity contribution in [2.45, 2.75) is 38.6 Å². The van der Waals surface area contributed by atoms with Crippen molar-refractivity contribution in [3.63, 3.8) is 0 Å². The van der Waals surface area contributed by atoms with E-state index in [0.29, 0.717) is 23.5 Å². The van der Waals surface area contributed by atoms with Crippen molar-refractivity contribution in [2.75, 3.05) is 18.4 Å². The van der Waals surface area contributed by atoms with Crippen molar-refractivity contribution in [3.05, 3.63) is 30.4 Å². The summed E-state index contributed by atoms with van der Waals surface area (Å²) in [5, 5.41) is 6.93. The molecule has 0 spiro atoms. The predicted molar refractivity (Wildman–Crippen MR) is 86.7 cm³/mol. The Balaban J connectivity index is 1.90. The highest BCUT2D eigenvalue weighted by atomic mass is 15.1. The molecule has 116 valence electrons. The van der Waals surface area contributed by atoms with Crippen LogP contribution in [0.15, 0.2) is 24.7 Å². The first-order chi connectivity index (χ1) is 10.7. The molecule has 0 aromatic carbocycles. The van der Waals surface area contributed by atoms with Crippen LogP contribution in [0.4, 0.5) is 5.82 Å². The predicted octanol–water partition coefficient (Wildman–Crippen LogP) is 2.22. The lowest BCUT2D eigenvalue weighted by atomic mass is 10.1. The first kappa shape index (κ1) is 14.8. The van der Waals surface area contributed by atoms with Gasteiger partial charge >= 0.3 is 0 Å². The van der Waals surface area contributed by atoms with E-state index in [9.17, 15) is 0 Å². The van der Waals surface area contributed by atoms with Crippen molar-refractivity contribution >= 4 is 5.82 Å². The zero-order valence-electron chi connectivity index (χ0n) is 13.1. The molecule has 1 aliphatic heterocycles. The fourth-order valence-corrected chi connectivity index (χ4v) is 2.55. The molecule has 0 amide bonds. The maximum Gasteiger partial charge on any atom is 0.182 e. The van der Waals surface area contributed by atoms with E-state index >= 15 is 0 Å². The zero-order chi connectivity index (χ0) is 15.4. The highest BCUT2D eigenvalue weighted by molar-refractivity contribution is 5.52. The third kappa shape index (κ3) is 3.57. The van der Waals surface area contributed by atoms with Crippen LogP contribution in [0.25, 0.3) is 11.5 Å². The number of nitrogens with one attached hydrogen (secondary N) is 2. The van der Waals surface area contributed by atoms with Crippen LogP contribution in [0.3, 0.4) is 0 Å². The summed E-state index contributed by atoms with van der Waals surface area (Å²) in [6.45, 7) is 6.34. The zero-order valence-corrected chi connectivity index (χ0v) is 13.1. The summed E-state index contributed by atoms with van der Waals surface area (Å²) in [6.07, 6.45) is 7.37. The highest BCUT2D eigenvalue weighted by Gasteiger charge is 2.16. The van der Waals surface area contributed by atoms with Gasteiger partial charge < -0.3 is 10.6 Å². The molecule has 0 aliphatic carbocycles. The van der Waals surface area contributed by atoms with Crippen molar-refractivity contribution in [3.8, 4) is 11.5 Å². The Morgan fingerprint density at radius 1 is 1.27 bits per heavy atom. The van der Waals surface area contributed by atoms with E-state index in [4.69, 9.17) is 0 Å². The molecule has 2 aromatic heterocycles. The van der Waals surface area contributed by atoms with Crippen molar-refractivity contribution in [2.24, 2.45) is 0 Å². The van der Waals surface area contributed by atoms with Crippen LogP contribution in [-0.2, 0) is 0 Å². The van der Waals surface area contributed by atoms with Crippen LogP contribution in [0, 0.1) is 0 Å². The maximum absolute atomic E-state index is 4.63. The smallest absolute Gasteiger partial charge is 0.182 e. The van der Waals surface area contributed by atoms with E-state index in [1.165, 1.54) is 6.42 Å². The van der Waals surface area contributed by atoms with Crippen LogP contribution in [0.1, 0.15) is 38.3 Å². The molecule has 0 bridgehead atoms. The molecule has 0 saturated carbocycles. The Bertz CT molecular complexity index is 607. The lowest BCUT2D eigenvalue weighted by Gasteiger charge is -2.24. The van der Waals surface area contributed by atoms with E-state index in [1.54, 1.807) is 18.6 Å². The van der Waals surface area contributed by atoms with Gasteiger partial charge in [0.05, 0.1) is 6.20 Å².